The Balaban J connectivity index is 1.39. The van der Waals surface area contributed by atoms with Gasteiger partial charge in [0, 0.05) is 48.0 Å². The molecular weight excluding hydrogens is 643 g/mol. The number of nitrogens with zero attached hydrogens (tertiary/aromatic N) is 6. The maximum absolute atomic E-state index is 14.0. The Morgan fingerprint density at radius 2 is 1.82 bits per heavy atom. The molecule has 2 aromatic carbocycles. The van der Waals surface area contributed by atoms with Crippen LogP contribution >= 0.6 is 0 Å². The Morgan fingerprint density at radius 3 is 2.55 bits per heavy atom. The van der Waals surface area contributed by atoms with Gasteiger partial charge in [0.2, 0.25) is 5.88 Å². The van der Waals surface area contributed by atoms with Crippen molar-refractivity contribution in [3.8, 4) is 28.5 Å². The fourth-order valence-electron chi connectivity index (χ4n) is 5.71. The summed E-state index contributed by atoms with van der Waals surface area (Å²) in [6, 6.07) is 13.9. The Morgan fingerprint density at radius 1 is 1.04 bits per heavy atom. The zero-order chi connectivity index (χ0) is 34.9. The minimum Gasteiger partial charge on any atom is -0.474 e. The maximum atomic E-state index is 14.0. The van der Waals surface area contributed by atoms with Crippen molar-refractivity contribution in [2.75, 3.05) is 18.4 Å². The van der Waals surface area contributed by atoms with E-state index in [1.54, 1.807) is 66.1 Å². The number of piperidine rings is 1. The van der Waals surface area contributed by atoms with Crippen LogP contribution in [0.2, 0.25) is 0 Å². The first kappa shape index (κ1) is 33.8. The number of benzene rings is 2. The molecule has 49 heavy (non-hydrogen) atoms. The summed E-state index contributed by atoms with van der Waals surface area (Å²) in [7, 11) is -3.98. The van der Waals surface area contributed by atoms with Crippen molar-refractivity contribution in [2.24, 2.45) is 0 Å². The Kier molecular flexibility index (Phi) is 9.30. The molecule has 256 valence electrons. The van der Waals surface area contributed by atoms with Crippen molar-refractivity contribution in [3.05, 3.63) is 78.9 Å². The van der Waals surface area contributed by atoms with E-state index in [1.165, 1.54) is 3.97 Å². The SMILES string of the molecule is Cc1ccc(S(=O)(=O)n2cc(-c3nccc(N[C@@H]4CCCN(C(=O)OC(C)(C)C)C4)n3)c3cc(-c4cncc(OC(C)C)n4)ccc32)cc1. The van der Waals surface area contributed by atoms with Crippen LogP contribution in [0, 0.1) is 6.92 Å². The van der Waals surface area contributed by atoms with Gasteiger partial charge < -0.3 is 19.7 Å². The lowest BCUT2D eigenvalue weighted by Crippen LogP contribution is -2.47. The number of aromatic nitrogens is 5. The topological polar surface area (TPSA) is 141 Å². The lowest BCUT2D eigenvalue weighted by molar-refractivity contribution is 0.0206. The molecule has 1 N–H and O–H groups in total. The molecule has 0 saturated carbocycles. The predicted octanol–water partition coefficient (Wildman–Crippen LogP) is 6.70. The van der Waals surface area contributed by atoms with Crippen LogP contribution in [0.5, 0.6) is 5.88 Å². The van der Waals surface area contributed by atoms with E-state index >= 15 is 0 Å². The Labute approximate surface area is 286 Å². The molecule has 3 aromatic heterocycles. The fraction of sp³-hybridized carbons (Fsp3) is 0.361. The monoisotopic (exact) mass is 683 g/mol. The van der Waals surface area contributed by atoms with E-state index in [9.17, 15) is 13.2 Å². The van der Waals surface area contributed by atoms with Crippen LogP contribution in [-0.4, -0.2) is 74.2 Å². The molecule has 0 radical (unpaired) electrons. The van der Waals surface area contributed by atoms with Gasteiger partial charge in [-0.15, -0.1) is 0 Å². The molecule has 1 aliphatic rings. The second kappa shape index (κ2) is 13.5. The van der Waals surface area contributed by atoms with E-state index in [4.69, 9.17) is 14.5 Å². The van der Waals surface area contributed by atoms with Gasteiger partial charge in [-0.1, -0.05) is 23.8 Å². The minimum atomic E-state index is -3.98. The smallest absolute Gasteiger partial charge is 0.410 e. The van der Waals surface area contributed by atoms with Crippen LogP contribution in [-0.2, 0) is 14.8 Å². The second-order valence-electron chi connectivity index (χ2n) is 13.5. The average molecular weight is 684 g/mol. The fourth-order valence-corrected chi connectivity index (χ4v) is 7.08. The van der Waals surface area contributed by atoms with Gasteiger partial charge >= 0.3 is 6.09 Å². The van der Waals surface area contributed by atoms with E-state index < -0.39 is 15.6 Å². The summed E-state index contributed by atoms with van der Waals surface area (Å²) in [5.41, 5.74) is 2.66. The highest BCUT2D eigenvalue weighted by molar-refractivity contribution is 7.90. The maximum Gasteiger partial charge on any atom is 0.410 e. The first-order valence-corrected chi connectivity index (χ1v) is 17.8. The molecule has 0 aliphatic carbocycles. The third-order valence-corrected chi connectivity index (χ3v) is 9.62. The van der Waals surface area contributed by atoms with Gasteiger partial charge in [0.25, 0.3) is 10.0 Å². The van der Waals surface area contributed by atoms with E-state index in [-0.39, 0.29) is 23.1 Å². The number of amides is 1. The van der Waals surface area contributed by atoms with Gasteiger partial charge in [-0.2, -0.15) is 0 Å². The van der Waals surface area contributed by atoms with E-state index in [0.717, 1.165) is 24.0 Å². The molecule has 0 bridgehead atoms. The zero-order valence-corrected chi connectivity index (χ0v) is 29.4. The third-order valence-electron chi connectivity index (χ3n) is 7.93. The number of nitrogens with one attached hydrogen (secondary N) is 1. The normalized spacial score (nSPS) is 15.4. The highest BCUT2D eigenvalue weighted by atomic mass is 32.2. The van der Waals surface area contributed by atoms with Crippen molar-refractivity contribution in [2.45, 2.75) is 77.0 Å². The van der Waals surface area contributed by atoms with Crippen LogP contribution in [0.1, 0.15) is 53.0 Å². The molecule has 5 aromatic rings. The number of likely N-dealkylation sites (tertiary alicyclic amines) is 1. The molecule has 1 saturated heterocycles. The van der Waals surface area contributed by atoms with Crippen LogP contribution in [0.4, 0.5) is 10.6 Å². The van der Waals surface area contributed by atoms with Crippen molar-refractivity contribution in [1.29, 1.82) is 0 Å². The minimum absolute atomic E-state index is 0.0576. The number of aryl methyl sites for hydroxylation is 1. The summed E-state index contributed by atoms with van der Waals surface area (Å²) in [6.45, 7) is 12.4. The van der Waals surface area contributed by atoms with Crippen LogP contribution < -0.4 is 10.1 Å². The number of carbonyl (C=O) groups excluding carboxylic acids is 1. The van der Waals surface area contributed by atoms with Gasteiger partial charge in [0.1, 0.15) is 11.4 Å². The number of rotatable bonds is 8. The van der Waals surface area contributed by atoms with Crippen molar-refractivity contribution >= 4 is 32.8 Å². The van der Waals surface area contributed by atoms with Gasteiger partial charge in [0.05, 0.1) is 34.6 Å². The molecule has 6 rings (SSSR count). The average Bonchev–Trinajstić information content (AvgIpc) is 3.44. The van der Waals surface area contributed by atoms with E-state index in [0.29, 0.717) is 52.8 Å². The first-order valence-electron chi connectivity index (χ1n) is 16.3. The predicted molar refractivity (Wildman–Crippen MR) is 188 cm³/mol. The molecule has 1 aliphatic heterocycles. The number of carbonyl (C=O) groups is 1. The Hall–Kier alpha value is -5.04. The lowest BCUT2D eigenvalue weighted by atomic mass is 10.1. The second-order valence-corrected chi connectivity index (χ2v) is 15.3. The molecule has 1 amide bonds. The van der Waals surface area contributed by atoms with Crippen LogP contribution in [0.25, 0.3) is 33.5 Å². The van der Waals surface area contributed by atoms with Crippen molar-refractivity contribution in [3.63, 3.8) is 0 Å². The first-order chi connectivity index (χ1) is 23.3. The van der Waals surface area contributed by atoms with Gasteiger partial charge in [-0.25, -0.2) is 32.1 Å². The lowest BCUT2D eigenvalue weighted by Gasteiger charge is -2.34. The molecule has 0 unspecified atom stereocenters. The molecule has 1 fully saturated rings. The van der Waals surface area contributed by atoms with Gasteiger partial charge in [-0.3, -0.25) is 4.98 Å². The third kappa shape index (κ3) is 7.67. The summed E-state index contributed by atoms with van der Waals surface area (Å²) in [6.07, 6.45) is 7.64. The molecule has 0 spiro atoms. The standard InChI is InChI=1S/C36H41N7O5S/c1-23(2)47-33-20-37-19-30(40-33)25-11-14-31-28(18-25)29(22-43(31)49(45,46)27-12-9-24(3)10-13-27)34-38-16-15-32(41-34)39-26-8-7-17-42(21-26)35(44)48-36(4,5)6/h9-16,18-20,22-23,26H,7-8,17,21H2,1-6H3,(H,38,39,41)/t26-/m1/s1. The number of fused-ring (bicyclic) bond motifs is 1. The van der Waals surface area contributed by atoms with Crippen molar-refractivity contribution in [1.82, 2.24) is 28.8 Å². The largest absolute Gasteiger partial charge is 0.474 e. The highest BCUT2D eigenvalue weighted by Crippen LogP contribution is 2.35. The summed E-state index contributed by atoms with van der Waals surface area (Å²) < 4.78 is 40.7. The molecule has 4 heterocycles. The molecule has 13 heteroatoms. The number of hydrogen-bond acceptors (Lipinski definition) is 10. The van der Waals surface area contributed by atoms with Crippen LogP contribution in [0.15, 0.2) is 78.2 Å². The summed E-state index contributed by atoms with van der Waals surface area (Å²) >= 11 is 0. The van der Waals surface area contributed by atoms with E-state index in [2.05, 4.69) is 20.3 Å². The van der Waals surface area contributed by atoms with E-state index in [1.807, 2.05) is 53.7 Å². The molecule has 1 atom stereocenters. The quantitative estimate of drug-likeness (QED) is 0.188. The highest BCUT2D eigenvalue weighted by Gasteiger charge is 2.28. The zero-order valence-electron chi connectivity index (χ0n) is 28.5. The molecular formula is C36H41N7O5S. The number of ether oxygens (including phenoxy) is 2. The molecule has 12 nitrogen and oxygen atoms in total. The summed E-state index contributed by atoms with van der Waals surface area (Å²) in [5.74, 6) is 1.29. The number of hydrogen-bond donors (Lipinski definition) is 1. The van der Waals surface area contributed by atoms with Crippen molar-refractivity contribution < 1.29 is 22.7 Å². The summed E-state index contributed by atoms with van der Waals surface area (Å²) in [5, 5.41) is 4.08. The van der Waals surface area contributed by atoms with Gasteiger partial charge in [-0.05, 0) is 84.7 Å². The van der Waals surface area contributed by atoms with Crippen LogP contribution in [0.3, 0.4) is 0 Å². The number of anilines is 1. The van der Waals surface area contributed by atoms with Gasteiger partial charge in [0.15, 0.2) is 5.82 Å². The summed E-state index contributed by atoms with van der Waals surface area (Å²) in [4.78, 5) is 33.0. The Bertz CT molecular complexity index is 2090.